The number of aryl methyl sites for hydroxylation is 1. The van der Waals surface area contributed by atoms with E-state index in [0.717, 1.165) is 24.3 Å². The van der Waals surface area contributed by atoms with Gasteiger partial charge in [0.25, 0.3) is 0 Å². The number of nitrogens with two attached hydrogens (primary N) is 1. The summed E-state index contributed by atoms with van der Waals surface area (Å²) in [5, 5.41) is 3.33. The summed E-state index contributed by atoms with van der Waals surface area (Å²) in [6.07, 6.45) is 2.15. The van der Waals surface area contributed by atoms with E-state index >= 15 is 0 Å². The van der Waals surface area contributed by atoms with Gasteiger partial charge in [-0.05, 0) is 50.1 Å². The summed E-state index contributed by atoms with van der Waals surface area (Å²) >= 11 is 0. The van der Waals surface area contributed by atoms with Gasteiger partial charge in [-0.15, -0.1) is 0 Å². The van der Waals surface area contributed by atoms with Crippen molar-refractivity contribution in [3.63, 3.8) is 0 Å². The Morgan fingerprint density at radius 2 is 1.94 bits per heavy atom. The van der Waals surface area contributed by atoms with Crippen LogP contribution in [0, 0.1) is 6.92 Å². The van der Waals surface area contributed by atoms with Crippen LogP contribution in [0.15, 0.2) is 12.1 Å². The molecule has 1 aromatic carbocycles. The Kier molecular flexibility index (Phi) is 2.31. The number of rotatable bonds is 3. The molecular formula is C13H18N2O2. The second-order valence-electron chi connectivity index (χ2n) is 5.02. The Bertz CT molecular complexity index is 455. The van der Waals surface area contributed by atoms with E-state index < -0.39 is 0 Å². The van der Waals surface area contributed by atoms with Crippen LogP contribution in [0.1, 0.15) is 30.0 Å². The molecule has 0 amide bonds. The Labute approximate surface area is 101 Å². The van der Waals surface area contributed by atoms with Gasteiger partial charge in [0, 0.05) is 5.54 Å². The summed E-state index contributed by atoms with van der Waals surface area (Å²) in [6.45, 7) is 2.41. The molecule has 2 aliphatic rings. The highest BCUT2D eigenvalue weighted by molar-refractivity contribution is 5.50. The molecule has 0 spiro atoms. The van der Waals surface area contributed by atoms with E-state index in [2.05, 4.69) is 18.3 Å². The maximum atomic E-state index is 6.31. The maximum absolute atomic E-state index is 6.31. The standard InChI is InChI=1S/C13H18N2O2/c1-8-5-10-11(17-7-16-10)6-9(8)12(15-2)13(14)3-4-13/h5-6,12,15H,3-4,7,14H2,1-2H3. The average molecular weight is 234 g/mol. The van der Waals surface area contributed by atoms with Crippen molar-refractivity contribution in [1.82, 2.24) is 5.32 Å². The van der Waals surface area contributed by atoms with Gasteiger partial charge in [-0.25, -0.2) is 0 Å². The van der Waals surface area contributed by atoms with Gasteiger partial charge in [-0.2, -0.15) is 0 Å². The molecule has 1 heterocycles. The van der Waals surface area contributed by atoms with Crippen molar-refractivity contribution >= 4 is 0 Å². The third-order valence-corrected chi connectivity index (χ3v) is 3.76. The predicted molar refractivity (Wildman–Crippen MR) is 65.3 cm³/mol. The van der Waals surface area contributed by atoms with Gasteiger partial charge in [-0.1, -0.05) is 0 Å². The molecule has 1 aromatic rings. The Hall–Kier alpha value is -1.26. The van der Waals surface area contributed by atoms with Crippen molar-refractivity contribution in [2.24, 2.45) is 5.73 Å². The summed E-state index contributed by atoms with van der Waals surface area (Å²) in [5.41, 5.74) is 8.64. The first-order valence-electron chi connectivity index (χ1n) is 6.00. The summed E-state index contributed by atoms with van der Waals surface area (Å²) < 4.78 is 10.8. The van der Waals surface area contributed by atoms with Crippen molar-refractivity contribution in [2.45, 2.75) is 31.3 Å². The van der Waals surface area contributed by atoms with E-state index in [1.807, 2.05) is 13.1 Å². The largest absolute Gasteiger partial charge is 0.454 e. The van der Waals surface area contributed by atoms with Crippen LogP contribution in [0.5, 0.6) is 11.5 Å². The van der Waals surface area contributed by atoms with Crippen LogP contribution >= 0.6 is 0 Å². The number of benzene rings is 1. The van der Waals surface area contributed by atoms with Gasteiger partial charge < -0.3 is 20.5 Å². The fourth-order valence-corrected chi connectivity index (χ4v) is 2.56. The highest BCUT2D eigenvalue weighted by atomic mass is 16.7. The van der Waals surface area contributed by atoms with Gasteiger partial charge in [0.15, 0.2) is 11.5 Å². The molecule has 0 radical (unpaired) electrons. The van der Waals surface area contributed by atoms with E-state index in [1.54, 1.807) is 0 Å². The molecule has 4 nitrogen and oxygen atoms in total. The van der Waals surface area contributed by atoms with Gasteiger partial charge in [0.05, 0.1) is 6.04 Å². The average Bonchev–Trinajstić information content (AvgIpc) is 2.88. The molecule has 1 atom stereocenters. The summed E-state index contributed by atoms with van der Waals surface area (Å²) in [7, 11) is 1.96. The number of hydrogen-bond acceptors (Lipinski definition) is 4. The molecular weight excluding hydrogens is 216 g/mol. The fourth-order valence-electron chi connectivity index (χ4n) is 2.56. The Balaban J connectivity index is 2.02. The summed E-state index contributed by atoms with van der Waals surface area (Å²) in [6, 6.07) is 4.29. The van der Waals surface area contributed by atoms with Crippen LogP contribution < -0.4 is 20.5 Å². The second-order valence-corrected chi connectivity index (χ2v) is 5.02. The molecule has 3 rings (SSSR count). The van der Waals surface area contributed by atoms with E-state index in [1.165, 1.54) is 11.1 Å². The highest BCUT2D eigenvalue weighted by Gasteiger charge is 2.46. The molecule has 1 fully saturated rings. The molecule has 1 aliphatic carbocycles. The first kappa shape index (κ1) is 10.9. The number of fused-ring (bicyclic) bond motifs is 1. The molecule has 0 aromatic heterocycles. The number of likely N-dealkylation sites (N-methyl/N-ethyl adjacent to an activating group) is 1. The quantitative estimate of drug-likeness (QED) is 0.831. The molecule has 0 saturated heterocycles. The van der Waals surface area contributed by atoms with Crippen molar-refractivity contribution in [1.29, 1.82) is 0 Å². The SMILES string of the molecule is CNC(c1cc2c(cc1C)OCO2)C1(N)CC1. The van der Waals surface area contributed by atoms with E-state index in [4.69, 9.17) is 15.2 Å². The van der Waals surface area contributed by atoms with Crippen molar-refractivity contribution in [3.8, 4) is 11.5 Å². The molecule has 92 valence electrons. The number of ether oxygens (including phenoxy) is 2. The summed E-state index contributed by atoms with van der Waals surface area (Å²) in [5.74, 6) is 1.66. The van der Waals surface area contributed by atoms with Crippen molar-refractivity contribution in [3.05, 3.63) is 23.3 Å². The molecule has 4 heteroatoms. The minimum Gasteiger partial charge on any atom is -0.454 e. The highest BCUT2D eigenvalue weighted by Crippen LogP contribution is 2.46. The zero-order valence-corrected chi connectivity index (χ0v) is 10.2. The fraction of sp³-hybridized carbons (Fsp3) is 0.538. The minimum absolute atomic E-state index is 0.0901. The lowest BCUT2D eigenvalue weighted by atomic mass is 9.93. The van der Waals surface area contributed by atoms with Gasteiger partial charge >= 0.3 is 0 Å². The zero-order valence-electron chi connectivity index (χ0n) is 10.2. The topological polar surface area (TPSA) is 56.5 Å². The molecule has 3 N–H and O–H groups in total. The smallest absolute Gasteiger partial charge is 0.231 e. The van der Waals surface area contributed by atoms with E-state index in [9.17, 15) is 0 Å². The normalized spacial score (nSPS) is 21.4. The van der Waals surface area contributed by atoms with Crippen LogP contribution in [0.2, 0.25) is 0 Å². The first-order chi connectivity index (χ1) is 8.14. The molecule has 0 bridgehead atoms. The Morgan fingerprint density at radius 3 is 2.53 bits per heavy atom. The third-order valence-electron chi connectivity index (χ3n) is 3.76. The number of nitrogens with one attached hydrogen (secondary N) is 1. The Morgan fingerprint density at radius 1 is 1.29 bits per heavy atom. The lowest BCUT2D eigenvalue weighted by Gasteiger charge is -2.25. The first-order valence-corrected chi connectivity index (χ1v) is 6.00. The molecule has 1 saturated carbocycles. The number of hydrogen-bond donors (Lipinski definition) is 2. The van der Waals surface area contributed by atoms with Gasteiger partial charge in [0.2, 0.25) is 6.79 Å². The van der Waals surface area contributed by atoms with E-state index in [0.29, 0.717) is 6.79 Å². The summed E-state index contributed by atoms with van der Waals surface area (Å²) in [4.78, 5) is 0. The van der Waals surface area contributed by atoms with Crippen LogP contribution in [0.25, 0.3) is 0 Å². The molecule has 1 aliphatic heterocycles. The van der Waals surface area contributed by atoms with Crippen LogP contribution in [0.3, 0.4) is 0 Å². The van der Waals surface area contributed by atoms with Crippen LogP contribution in [-0.4, -0.2) is 19.4 Å². The molecule has 17 heavy (non-hydrogen) atoms. The lowest BCUT2D eigenvalue weighted by Crippen LogP contribution is -2.38. The predicted octanol–water partition coefficient (Wildman–Crippen LogP) is 1.48. The third kappa shape index (κ3) is 1.68. The lowest BCUT2D eigenvalue weighted by molar-refractivity contribution is 0.174. The van der Waals surface area contributed by atoms with Gasteiger partial charge in [-0.3, -0.25) is 0 Å². The van der Waals surface area contributed by atoms with Crippen molar-refractivity contribution < 1.29 is 9.47 Å². The maximum Gasteiger partial charge on any atom is 0.231 e. The molecule has 1 unspecified atom stereocenters. The minimum atomic E-state index is -0.0901. The van der Waals surface area contributed by atoms with E-state index in [-0.39, 0.29) is 11.6 Å². The van der Waals surface area contributed by atoms with Gasteiger partial charge in [0.1, 0.15) is 0 Å². The monoisotopic (exact) mass is 234 g/mol. The van der Waals surface area contributed by atoms with Crippen LogP contribution in [-0.2, 0) is 0 Å². The van der Waals surface area contributed by atoms with Crippen LogP contribution in [0.4, 0.5) is 0 Å². The zero-order chi connectivity index (χ0) is 12.0. The van der Waals surface area contributed by atoms with Crippen molar-refractivity contribution in [2.75, 3.05) is 13.8 Å². The second kappa shape index (κ2) is 3.62.